The summed E-state index contributed by atoms with van der Waals surface area (Å²) in [7, 11) is 0. The third kappa shape index (κ3) is 1.60. The zero-order valence-corrected chi connectivity index (χ0v) is 11.3. The minimum Gasteiger partial charge on any atom is -0.393 e. The fraction of sp³-hybridized carbons (Fsp3) is 1.00. The van der Waals surface area contributed by atoms with E-state index in [0.29, 0.717) is 23.2 Å². The van der Waals surface area contributed by atoms with Crippen molar-refractivity contribution >= 4 is 0 Å². The van der Waals surface area contributed by atoms with E-state index in [-0.39, 0.29) is 17.6 Å². The van der Waals surface area contributed by atoms with Gasteiger partial charge < -0.3 is 10.2 Å². The Kier molecular flexibility index (Phi) is 2.45. The van der Waals surface area contributed by atoms with Gasteiger partial charge in [0.05, 0.1) is 12.2 Å². The Morgan fingerprint density at radius 2 is 1.71 bits per heavy atom. The molecule has 1 unspecified atom stereocenters. The van der Waals surface area contributed by atoms with E-state index in [1.54, 1.807) is 0 Å². The van der Waals surface area contributed by atoms with Crippen LogP contribution in [0.25, 0.3) is 0 Å². The molecule has 0 saturated heterocycles. The molecule has 2 N–H and O–H groups in total. The maximum Gasteiger partial charge on any atom is 0.0604 e. The van der Waals surface area contributed by atoms with Gasteiger partial charge in [-0.3, -0.25) is 0 Å². The molecule has 0 aromatic heterocycles. The van der Waals surface area contributed by atoms with E-state index in [2.05, 4.69) is 20.8 Å². The molecule has 0 radical (unpaired) electrons. The van der Waals surface area contributed by atoms with Gasteiger partial charge in [0.25, 0.3) is 0 Å². The van der Waals surface area contributed by atoms with Gasteiger partial charge in [0, 0.05) is 0 Å². The van der Waals surface area contributed by atoms with Crippen LogP contribution in [0.4, 0.5) is 0 Å². The summed E-state index contributed by atoms with van der Waals surface area (Å²) in [5, 5.41) is 20.8. The number of hydrogen-bond acceptors (Lipinski definition) is 2. The molecule has 0 aliphatic heterocycles. The molecule has 98 valence electrons. The molecule has 0 aromatic rings. The molecule has 17 heavy (non-hydrogen) atoms. The van der Waals surface area contributed by atoms with Gasteiger partial charge in [-0.1, -0.05) is 20.8 Å². The Morgan fingerprint density at radius 3 is 2.41 bits per heavy atom. The van der Waals surface area contributed by atoms with Crippen molar-refractivity contribution in [3.05, 3.63) is 0 Å². The Bertz CT molecular complexity index is 325. The topological polar surface area (TPSA) is 40.5 Å². The summed E-state index contributed by atoms with van der Waals surface area (Å²) in [5.41, 5.74) is 0.395. The van der Waals surface area contributed by atoms with Crippen molar-refractivity contribution in [1.29, 1.82) is 0 Å². The normalized spacial score (nSPS) is 56.6. The van der Waals surface area contributed by atoms with E-state index in [9.17, 15) is 10.2 Å². The maximum atomic E-state index is 10.6. The lowest BCUT2D eigenvalue weighted by atomic mass is 9.63. The third-order valence-corrected chi connectivity index (χ3v) is 6.36. The predicted molar refractivity (Wildman–Crippen MR) is 67.5 cm³/mol. The highest BCUT2D eigenvalue weighted by molar-refractivity contribution is 5.12. The lowest BCUT2D eigenvalue weighted by Crippen LogP contribution is -2.43. The molecule has 0 aromatic carbocycles. The van der Waals surface area contributed by atoms with Crippen molar-refractivity contribution in [3.63, 3.8) is 0 Å². The maximum absolute atomic E-state index is 10.6. The number of rotatable bonds is 0. The lowest BCUT2D eigenvalue weighted by Gasteiger charge is -2.45. The Balaban J connectivity index is 1.87. The van der Waals surface area contributed by atoms with E-state index in [1.807, 2.05) is 0 Å². The molecule has 3 rings (SSSR count). The predicted octanol–water partition coefficient (Wildman–Crippen LogP) is 2.58. The highest BCUT2D eigenvalue weighted by Crippen LogP contribution is 2.66. The first-order valence-corrected chi connectivity index (χ1v) is 7.22. The quantitative estimate of drug-likeness (QED) is 0.681. The van der Waals surface area contributed by atoms with Crippen LogP contribution in [0, 0.1) is 28.6 Å². The molecule has 2 heteroatoms. The smallest absolute Gasteiger partial charge is 0.0604 e. The highest BCUT2D eigenvalue weighted by Gasteiger charge is 2.63. The van der Waals surface area contributed by atoms with Crippen LogP contribution in [-0.4, -0.2) is 22.4 Å². The average molecular weight is 238 g/mol. The molecule has 2 bridgehead atoms. The van der Waals surface area contributed by atoms with Crippen LogP contribution in [0.5, 0.6) is 0 Å². The van der Waals surface area contributed by atoms with Gasteiger partial charge in [0.1, 0.15) is 0 Å². The fourth-order valence-electron chi connectivity index (χ4n) is 4.91. The summed E-state index contributed by atoms with van der Waals surface area (Å²) < 4.78 is 0. The van der Waals surface area contributed by atoms with Crippen LogP contribution < -0.4 is 0 Å². The molecular formula is C15H26O2. The summed E-state index contributed by atoms with van der Waals surface area (Å²) in [6, 6.07) is 0. The van der Waals surface area contributed by atoms with Crippen LogP contribution >= 0.6 is 0 Å². The summed E-state index contributed by atoms with van der Waals surface area (Å²) in [6.07, 6.45) is 4.98. The van der Waals surface area contributed by atoms with Crippen molar-refractivity contribution in [3.8, 4) is 0 Å². The van der Waals surface area contributed by atoms with Crippen molar-refractivity contribution < 1.29 is 10.2 Å². The molecule has 3 aliphatic rings. The molecule has 0 amide bonds. The SMILES string of the molecule is CC1(C)C2[C@@H](O)[C@H]3CC[C@@H](O)[C@](C)(CC[C@@H]21)C3. The van der Waals surface area contributed by atoms with E-state index >= 15 is 0 Å². The fourth-order valence-corrected chi connectivity index (χ4v) is 4.91. The minimum atomic E-state index is -0.149. The minimum absolute atomic E-state index is 0.0630. The van der Waals surface area contributed by atoms with Gasteiger partial charge in [-0.05, 0) is 60.7 Å². The lowest BCUT2D eigenvalue weighted by molar-refractivity contribution is -0.0676. The summed E-state index contributed by atoms with van der Waals surface area (Å²) in [5.74, 6) is 1.63. The number of fused-ring (bicyclic) bond motifs is 3. The van der Waals surface area contributed by atoms with Crippen LogP contribution in [0.3, 0.4) is 0 Å². The second kappa shape index (κ2) is 3.48. The first-order chi connectivity index (χ1) is 7.86. The van der Waals surface area contributed by atoms with E-state index in [0.717, 1.165) is 25.7 Å². The second-order valence-corrected chi connectivity index (χ2v) is 7.69. The number of aliphatic hydroxyl groups is 2. The van der Waals surface area contributed by atoms with Crippen molar-refractivity contribution in [2.45, 2.75) is 65.1 Å². The first kappa shape index (κ1) is 12.0. The van der Waals surface area contributed by atoms with Crippen molar-refractivity contribution in [2.75, 3.05) is 0 Å². The summed E-state index contributed by atoms with van der Waals surface area (Å²) in [6.45, 7) is 6.84. The van der Waals surface area contributed by atoms with Gasteiger partial charge in [-0.2, -0.15) is 0 Å². The summed E-state index contributed by atoms with van der Waals surface area (Å²) >= 11 is 0. The highest BCUT2D eigenvalue weighted by atomic mass is 16.3. The first-order valence-electron chi connectivity index (χ1n) is 7.22. The Hall–Kier alpha value is -0.0800. The molecular weight excluding hydrogens is 212 g/mol. The van der Waals surface area contributed by atoms with Crippen LogP contribution in [0.2, 0.25) is 0 Å². The van der Waals surface area contributed by atoms with Crippen molar-refractivity contribution in [2.24, 2.45) is 28.6 Å². The zero-order chi connectivity index (χ0) is 12.4. The monoisotopic (exact) mass is 238 g/mol. The van der Waals surface area contributed by atoms with E-state index in [1.165, 1.54) is 6.42 Å². The molecule has 0 heterocycles. The largest absolute Gasteiger partial charge is 0.393 e. The number of hydrogen-bond donors (Lipinski definition) is 2. The Labute approximate surface area is 104 Å². The van der Waals surface area contributed by atoms with Gasteiger partial charge in [-0.15, -0.1) is 0 Å². The van der Waals surface area contributed by atoms with Crippen LogP contribution in [-0.2, 0) is 0 Å². The molecule has 0 spiro atoms. The van der Waals surface area contributed by atoms with Crippen LogP contribution in [0.15, 0.2) is 0 Å². The van der Waals surface area contributed by atoms with Gasteiger partial charge in [0.2, 0.25) is 0 Å². The molecule has 6 atom stereocenters. The van der Waals surface area contributed by atoms with Gasteiger partial charge in [-0.25, -0.2) is 0 Å². The van der Waals surface area contributed by atoms with Gasteiger partial charge >= 0.3 is 0 Å². The molecule has 3 saturated carbocycles. The third-order valence-electron chi connectivity index (χ3n) is 6.36. The standard InChI is InChI=1S/C15H26O2/c1-14(2)10-6-7-15(3)8-9(4-5-11(15)16)13(17)12(10)14/h9-13,16-17H,4-8H2,1-3H3/t9-,10-,11+,12?,13-,15+/m0/s1. The molecule has 3 fully saturated rings. The van der Waals surface area contributed by atoms with Gasteiger partial charge in [0.15, 0.2) is 0 Å². The van der Waals surface area contributed by atoms with Crippen LogP contribution in [0.1, 0.15) is 52.9 Å². The zero-order valence-electron chi connectivity index (χ0n) is 11.3. The molecule has 2 nitrogen and oxygen atoms in total. The van der Waals surface area contributed by atoms with E-state index < -0.39 is 0 Å². The Morgan fingerprint density at radius 1 is 1.00 bits per heavy atom. The van der Waals surface area contributed by atoms with Crippen molar-refractivity contribution in [1.82, 2.24) is 0 Å². The number of aliphatic hydroxyl groups excluding tert-OH is 2. The average Bonchev–Trinajstić information content (AvgIpc) is 2.79. The molecule has 3 aliphatic carbocycles. The van der Waals surface area contributed by atoms with E-state index in [4.69, 9.17) is 0 Å². The summed E-state index contributed by atoms with van der Waals surface area (Å²) in [4.78, 5) is 0. The second-order valence-electron chi connectivity index (χ2n) is 7.69.